The molecule has 0 radical (unpaired) electrons. The summed E-state index contributed by atoms with van der Waals surface area (Å²) in [6.45, 7) is 3.72. The fourth-order valence-corrected chi connectivity index (χ4v) is 3.66. The molecule has 8 nitrogen and oxygen atoms in total. The normalized spacial score (nSPS) is 14.5. The fraction of sp³-hybridized carbons (Fsp3) is 0.238. The Morgan fingerprint density at radius 3 is 2.37 bits per heavy atom. The molecule has 2 aromatic carbocycles. The maximum atomic E-state index is 11.8. The highest BCUT2D eigenvalue weighted by molar-refractivity contribution is 9.10. The van der Waals surface area contributed by atoms with E-state index in [1.165, 1.54) is 11.9 Å². The van der Waals surface area contributed by atoms with Crippen molar-refractivity contribution in [3.63, 3.8) is 0 Å². The molecule has 30 heavy (non-hydrogen) atoms. The summed E-state index contributed by atoms with van der Waals surface area (Å²) in [4.78, 5) is 23.9. The highest BCUT2D eigenvalue weighted by Gasteiger charge is 2.30. The Balaban J connectivity index is 1.50. The van der Waals surface area contributed by atoms with Gasteiger partial charge >= 0.3 is 11.6 Å². The molecule has 0 saturated carbocycles. The minimum Gasteiger partial charge on any atom is -0.434 e. The maximum absolute atomic E-state index is 11.8. The Kier molecular flexibility index (Phi) is 6.20. The van der Waals surface area contributed by atoms with Gasteiger partial charge < -0.3 is 9.64 Å². The number of nitro groups is 1. The SMILES string of the molecule is O=[N+]([O-])c1c(Oc2ccc(Br)cc2)ncnc1N1CCN(Cc2ccccc2)CC1. The molecule has 0 spiro atoms. The molecule has 3 aromatic rings. The van der Waals surface area contributed by atoms with E-state index in [-0.39, 0.29) is 11.6 Å². The van der Waals surface area contributed by atoms with E-state index in [0.29, 0.717) is 24.7 Å². The smallest absolute Gasteiger partial charge is 0.373 e. The number of hydrogen-bond acceptors (Lipinski definition) is 7. The van der Waals surface area contributed by atoms with Crippen molar-refractivity contribution in [1.82, 2.24) is 14.9 Å². The predicted molar refractivity (Wildman–Crippen MR) is 117 cm³/mol. The minimum atomic E-state index is -0.472. The topological polar surface area (TPSA) is 84.6 Å². The number of ether oxygens (including phenoxy) is 1. The van der Waals surface area contributed by atoms with Gasteiger partial charge in [0.2, 0.25) is 5.82 Å². The van der Waals surface area contributed by atoms with Crippen LogP contribution in [0.2, 0.25) is 0 Å². The van der Waals surface area contributed by atoms with Crippen molar-refractivity contribution in [1.29, 1.82) is 0 Å². The van der Waals surface area contributed by atoms with Crippen LogP contribution in [0.25, 0.3) is 0 Å². The van der Waals surface area contributed by atoms with E-state index in [1.54, 1.807) is 24.3 Å². The second-order valence-corrected chi connectivity index (χ2v) is 7.83. The average molecular weight is 470 g/mol. The van der Waals surface area contributed by atoms with Crippen molar-refractivity contribution in [2.45, 2.75) is 6.54 Å². The van der Waals surface area contributed by atoms with Gasteiger partial charge in [0.1, 0.15) is 12.1 Å². The lowest BCUT2D eigenvalue weighted by atomic mass is 10.2. The van der Waals surface area contributed by atoms with E-state index < -0.39 is 4.92 Å². The standard InChI is InChI=1S/C21H20BrN5O3/c22-17-6-8-18(9-7-17)30-21-19(27(28)29)20(23-15-24-21)26-12-10-25(11-13-26)14-16-4-2-1-3-5-16/h1-9,15H,10-14H2. The third kappa shape index (κ3) is 4.74. The Morgan fingerprint density at radius 2 is 1.70 bits per heavy atom. The number of hydrogen-bond donors (Lipinski definition) is 0. The van der Waals surface area contributed by atoms with E-state index in [0.717, 1.165) is 24.1 Å². The van der Waals surface area contributed by atoms with E-state index in [4.69, 9.17) is 4.74 Å². The zero-order valence-corrected chi connectivity index (χ0v) is 17.7. The van der Waals surface area contributed by atoms with E-state index in [2.05, 4.69) is 42.9 Å². The lowest BCUT2D eigenvalue weighted by Crippen LogP contribution is -2.46. The highest BCUT2D eigenvalue weighted by atomic mass is 79.9. The van der Waals surface area contributed by atoms with Crippen LogP contribution in [-0.2, 0) is 6.54 Å². The van der Waals surface area contributed by atoms with Crippen molar-refractivity contribution in [2.24, 2.45) is 0 Å². The molecule has 1 aliphatic rings. The van der Waals surface area contributed by atoms with Crippen molar-refractivity contribution < 1.29 is 9.66 Å². The zero-order chi connectivity index (χ0) is 20.9. The third-order valence-electron chi connectivity index (χ3n) is 4.90. The van der Waals surface area contributed by atoms with Crippen LogP contribution in [0.3, 0.4) is 0 Å². The van der Waals surface area contributed by atoms with Gasteiger partial charge in [-0.05, 0) is 29.8 Å². The molecule has 154 valence electrons. The molecule has 0 atom stereocenters. The molecule has 0 amide bonds. The molecule has 0 aliphatic carbocycles. The summed E-state index contributed by atoms with van der Waals surface area (Å²) < 4.78 is 6.60. The number of rotatable bonds is 6. The van der Waals surface area contributed by atoms with Gasteiger partial charge in [-0.25, -0.2) is 4.98 Å². The summed E-state index contributed by atoms with van der Waals surface area (Å²) in [5.41, 5.74) is 1.04. The summed E-state index contributed by atoms with van der Waals surface area (Å²) in [5.74, 6) is 0.708. The van der Waals surface area contributed by atoms with Crippen LogP contribution in [0.15, 0.2) is 65.4 Å². The van der Waals surface area contributed by atoms with Gasteiger partial charge in [-0.15, -0.1) is 0 Å². The van der Waals surface area contributed by atoms with Gasteiger partial charge in [0.05, 0.1) is 4.92 Å². The second-order valence-electron chi connectivity index (χ2n) is 6.91. The second kappa shape index (κ2) is 9.19. The molecule has 1 aromatic heterocycles. The van der Waals surface area contributed by atoms with Gasteiger partial charge in [-0.1, -0.05) is 46.3 Å². The Bertz CT molecular complexity index is 1010. The summed E-state index contributed by atoms with van der Waals surface area (Å²) >= 11 is 3.36. The molecule has 0 N–H and O–H groups in total. The number of anilines is 1. The molecule has 1 fully saturated rings. The van der Waals surface area contributed by atoms with Crippen LogP contribution in [0.4, 0.5) is 11.5 Å². The van der Waals surface area contributed by atoms with Crippen molar-refractivity contribution in [3.05, 3.63) is 81.1 Å². The van der Waals surface area contributed by atoms with Gasteiger partial charge in [-0.2, -0.15) is 4.98 Å². The first kappa shape index (κ1) is 20.2. The van der Waals surface area contributed by atoms with Crippen LogP contribution in [0.5, 0.6) is 11.6 Å². The number of aromatic nitrogens is 2. The third-order valence-corrected chi connectivity index (χ3v) is 5.43. The van der Waals surface area contributed by atoms with Crippen LogP contribution in [-0.4, -0.2) is 46.0 Å². The zero-order valence-electron chi connectivity index (χ0n) is 16.1. The number of benzene rings is 2. The summed E-state index contributed by atoms with van der Waals surface area (Å²) in [7, 11) is 0. The summed E-state index contributed by atoms with van der Waals surface area (Å²) in [5, 5.41) is 11.8. The molecular formula is C21H20BrN5O3. The minimum absolute atomic E-state index is 0.0564. The van der Waals surface area contributed by atoms with Gasteiger partial charge in [0.15, 0.2) is 0 Å². The molecule has 0 unspecified atom stereocenters. The number of halogens is 1. The summed E-state index contributed by atoms with van der Waals surface area (Å²) in [6, 6.07) is 17.3. The molecule has 0 bridgehead atoms. The van der Waals surface area contributed by atoms with E-state index in [1.807, 2.05) is 23.1 Å². The Hall–Kier alpha value is -3.04. The summed E-state index contributed by atoms with van der Waals surface area (Å²) in [6.07, 6.45) is 1.31. The van der Waals surface area contributed by atoms with Crippen molar-refractivity contribution in [2.75, 3.05) is 31.1 Å². The highest BCUT2D eigenvalue weighted by Crippen LogP contribution is 2.36. The molecule has 2 heterocycles. The van der Waals surface area contributed by atoms with Crippen LogP contribution >= 0.6 is 15.9 Å². The Labute approximate surface area is 182 Å². The van der Waals surface area contributed by atoms with Crippen LogP contribution < -0.4 is 9.64 Å². The Morgan fingerprint density at radius 1 is 1.00 bits per heavy atom. The molecule has 9 heteroatoms. The van der Waals surface area contributed by atoms with E-state index in [9.17, 15) is 10.1 Å². The lowest BCUT2D eigenvalue weighted by Gasteiger charge is -2.35. The lowest BCUT2D eigenvalue weighted by molar-refractivity contribution is -0.385. The van der Waals surface area contributed by atoms with Gasteiger partial charge in [-0.3, -0.25) is 15.0 Å². The monoisotopic (exact) mass is 469 g/mol. The first-order chi connectivity index (χ1) is 14.6. The quantitative estimate of drug-likeness (QED) is 0.393. The molecule has 4 rings (SSSR count). The molecule has 1 aliphatic heterocycles. The fourth-order valence-electron chi connectivity index (χ4n) is 3.39. The van der Waals surface area contributed by atoms with Crippen molar-refractivity contribution >= 4 is 27.4 Å². The first-order valence-electron chi connectivity index (χ1n) is 9.54. The van der Waals surface area contributed by atoms with Gasteiger partial charge in [0.25, 0.3) is 0 Å². The average Bonchev–Trinajstić information content (AvgIpc) is 2.76. The van der Waals surface area contributed by atoms with Crippen molar-refractivity contribution in [3.8, 4) is 11.6 Å². The molecular weight excluding hydrogens is 450 g/mol. The maximum Gasteiger partial charge on any atom is 0.373 e. The van der Waals surface area contributed by atoms with Crippen LogP contribution in [0.1, 0.15) is 5.56 Å². The largest absolute Gasteiger partial charge is 0.434 e. The number of nitrogens with zero attached hydrogens (tertiary/aromatic N) is 5. The van der Waals surface area contributed by atoms with Gasteiger partial charge in [0, 0.05) is 37.2 Å². The van der Waals surface area contributed by atoms with Crippen LogP contribution in [0, 0.1) is 10.1 Å². The predicted octanol–water partition coefficient (Wildman–Crippen LogP) is 4.26. The number of piperazine rings is 1. The first-order valence-corrected chi connectivity index (χ1v) is 10.3. The van der Waals surface area contributed by atoms with E-state index >= 15 is 0 Å². The molecule has 1 saturated heterocycles.